The number of nitrogens with one attached hydrogen (secondary N) is 1. The number of rotatable bonds is 4. The Kier molecular flexibility index (Phi) is 4.44. The Bertz CT molecular complexity index is 574. The average molecular weight is 305 g/mol. The van der Waals surface area contributed by atoms with Gasteiger partial charge in [0.25, 0.3) is 0 Å². The Balaban J connectivity index is 1.71. The topological polar surface area (TPSA) is 42.7 Å². The number of benzene rings is 1. The fourth-order valence-electron chi connectivity index (χ4n) is 2.97. The van der Waals surface area contributed by atoms with Crippen molar-refractivity contribution in [3.8, 4) is 5.69 Å². The molecule has 4 nitrogen and oxygen atoms in total. The molecule has 0 spiro atoms. The van der Waals surface area contributed by atoms with Crippen LogP contribution in [0.1, 0.15) is 32.6 Å². The van der Waals surface area contributed by atoms with Gasteiger partial charge in [0, 0.05) is 11.6 Å². The largest absolute Gasteiger partial charge is 0.383 e. The summed E-state index contributed by atoms with van der Waals surface area (Å²) < 4.78 is 1.77. The van der Waals surface area contributed by atoms with Crippen LogP contribution >= 0.6 is 11.6 Å². The van der Waals surface area contributed by atoms with Gasteiger partial charge in [-0.2, -0.15) is 5.10 Å². The highest BCUT2D eigenvalue weighted by Gasteiger charge is 2.18. The van der Waals surface area contributed by atoms with Crippen molar-refractivity contribution in [1.29, 1.82) is 0 Å². The maximum Gasteiger partial charge on any atom is 0.138 e. The second kappa shape index (κ2) is 6.48. The van der Waals surface area contributed by atoms with E-state index in [1.54, 1.807) is 17.3 Å². The van der Waals surface area contributed by atoms with Gasteiger partial charge in [-0.25, -0.2) is 9.67 Å². The van der Waals surface area contributed by atoms with E-state index in [1.165, 1.54) is 25.7 Å². The highest BCUT2D eigenvalue weighted by molar-refractivity contribution is 6.31. The van der Waals surface area contributed by atoms with E-state index in [4.69, 9.17) is 11.6 Å². The maximum atomic E-state index is 6.13. The molecule has 0 saturated heterocycles. The van der Waals surface area contributed by atoms with E-state index in [0.29, 0.717) is 0 Å². The molecule has 1 aromatic heterocycles. The van der Waals surface area contributed by atoms with Gasteiger partial charge in [0.15, 0.2) is 0 Å². The molecule has 3 rings (SSSR count). The zero-order valence-corrected chi connectivity index (χ0v) is 13.1. The SMILES string of the molecule is CC1CCC(CNc2cc(Cl)ccc2-n2cncn2)CC1. The second-order valence-electron chi connectivity index (χ2n) is 6.01. The molecule has 1 heterocycles. The first kappa shape index (κ1) is 14.4. The van der Waals surface area contributed by atoms with Gasteiger partial charge < -0.3 is 5.32 Å². The van der Waals surface area contributed by atoms with Crippen LogP contribution in [0.4, 0.5) is 5.69 Å². The van der Waals surface area contributed by atoms with Gasteiger partial charge in [0.1, 0.15) is 12.7 Å². The van der Waals surface area contributed by atoms with Gasteiger partial charge in [-0.3, -0.25) is 0 Å². The number of halogens is 1. The Hall–Kier alpha value is -1.55. The van der Waals surface area contributed by atoms with Crippen molar-refractivity contribution in [2.75, 3.05) is 11.9 Å². The molecule has 1 aliphatic carbocycles. The predicted molar refractivity (Wildman–Crippen MR) is 86.0 cm³/mol. The second-order valence-corrected chi connectivity index (χ2v) is 6.44. The minimum Gasteiger partial charge on any atom is -0.383 e. The van der Waals surface area contributed by atoms with Crippen molar-refractivity contribution in [3.63, 3.8) is 0 Å². The lowest BCUT2D eigenvalue weighted by Gasteiger charge is -2.27. The highest BCUT2D eigenvalue weighted by Crippen LogP contribution is 2.30. The van der Waals surface area contributed by atoms with Gasteiger partial charge in [-0.15, -0.1) is 0 Å². The molecule has 0 unspecified atom stereocenters. The van der Waals surface area contributed by atoms with E-state index in [-0.39, 0.29) is 0 Å². The third-order valence-electron chi connectivity index (χ3n) is 4.34. The number of nitrogens with zero attached hydrogens (tertiary/aromatic N) is 3. The van der Waals surface area contributed by atoms with Crippen molar-refractivity contribution in [3.05, 3.63) is 35.9 Å². The van der Waals surface area contributed by atoms with Crippen LogP contribution in [-0.2, 0) is 0 Å². The van der Waals surface area contributed by atoms with E-state index >= 15 is 0 Å². The van der Waals surface area contributed by atoms with Crippen LogP contribution in [0.5, 0.6) is 0 Å². The maximum absolute atomic E-state index is 6.13. The molecule has 0 bridgehead atoms. The van der Waals surface area contributed by atoms with Gasteiger partial charge in [-0.1, -0.05) is 31.4 Å². The summed E-state index contributed by atoms with van der Waals surface area (Å²) in [5.41, 5.74) is 2.01. The quantitative estimate of drug-likeness (QED) is 0.922. The molecule has 2 aromatic rings. The fraction of sp³-hybridized carbons (Fsp3) is 0.500. The number of aromatic nitrogens is 3. The zero-order chi connectivity index (χ0) is 14.7. The monoisotopic (exact) mass is 304 g/mol. The Morgan fingerprint density at radius 3 is 2.81 bits per heavy atom. The first-order valence-electron chi connectivity index (χ1n) is 7.61. The normalized spacial score (nSPS) is 22.2. The first-order chi connectivity index (χ1) is 10.2. The Morgan fingerprint density at radius 2 is 2.10 bits per heavy atom. The first-order valence-corrected chi connectivity index (χ1v) is 7.98. The minimum absolute atomic E-state index is 0.735. The van der Waals surface area contributed by atoms with E-state index in [1.807, 2.05) is 18.2 Å². The van der Waals surface area contributed by atoms with Gasteiger partial charge >= 0.3 is 0 Å². The molecule has 5 heteroatoms. The van der Waals surface area contributed by atoms with Crippen LogP contribution in [0.15, 0.2) is 30.9 Å². The number of anilines is 1. The highest BCUT2D eigenvalue weighted by atomic mass is 35.5. The molecular formula is C16H21ClN4. The van der Waals surface area contributed by atoms with Crippen molar-refractivity contribution in [1.82, 2.24) is 14.8 Å². The summed E-state index contributed by atoms with van der Waals surface area (Å²) in [5, 5.41) is 8.49. The number of hydrogen-bond donors (Lipinski definition) is 1. The van der Waals surface area contributed by atoms with Crippen LogP contribution in [0.25, 0.3) is 5.69 Å². The van der Waals surface area contributed by atoms with Crippen molar-refractivity contribution in [2.24, 2.45) is 11.8 Å². The van der Waals surface area contributed by atoms with Crippen molar-refractivity contribution < 1.29 is 0 Å². The average Bonchev–Trinajstić information content (AvgIpc) is 3.01. The number of hydrogen-bond acceptors (Lipinski definition) is 3. The summed E-state index contributed by atoms with van der Waals surface area (Å²) >= 11 is 6.13. The zero-order valence-electron chi connectivity index (χ0n) is 12.3. The predicted octanol–water partition coefficient (Wildman–Crippen LogP) is 4.16. The molecule has 1 N–H and O–H groups in total. The summed E-state index contributed by atoms with van der Waals surface area (Å²) in [5.74, 6) is 1.64. The summed E-state index contributed by atoms with van der Waals surface area (Å²) in [7, 11) is 0. The molecule has 1 aliphatic rings. The van der Waals surface area contributed by atoms with Crippen molar-refractivity contribution in [2.45, 2.75) is 32.6 Å². The standard InChI is InChI=1S/C16H21ClN4/c1-12-2-4-13(5-3-12)9-19-15-8-14(17)6-7-16(15)21-11-18-10-20-21/h6-8,10-13,19H,2-5,9H2,1H3. The van der Waals surface area contributed by atoms with E-state index < -0.39 is 0 Å². The lowest BCUT2D eigenvalue weighted by molar-refractivity contribution is 0.300. The molecule has 0 aliphatic heterocycles. The van der Waals surface area contributed by atoms with E-state index in [2.05, 4.69) is 22.3 Å². The molecule has 1 aromatic carbocycles. The van der Waals surface area contributed by atoms with Gasteiger partial charge in [0.05, 0.1) is 11.4 Å². The third kappa shape index (κ3) is 3.56. The summed E-state index contributed by atoms with van der Waals surface area (Å²) in [4.78, 5) is 4.01. The molecular weight excluding hydrogens is 284 g/mol. The summed E-state index contributed by atoms with van der Waals surface area (Å²) in [6, 6.07) is 5.82. The summed E-state index contributed by atoms with van der Waals surface area (Å²) in [6.07, 6.45) is 8.56. The third-order valence-corrected chi connectivity index (χ3v) is 4.58. The molecule has 1 fully saturated rings. The van der Waals surface area contributed by atoms with Gasteiger partial charge in [-0.05, 0) is 42.9 Å². The molecule has 112 valence electrons. The lowest BCUT2D eigenvalue weighted by Crippen LogP contribution is -2.20. The smallest absolute Gasteiger partial charge is 0.138 e. The van der Waals surface area contributed by atoms with E-state index in [0.717, 1.165) is 34.8 Å². The van der Waals surface area contributed by atoms with Crippen LogP contribution in [0.3, 0.4) is 0 Å². The van der Waals surface area contributed by atoms with Crippen LogP contribution < -0.4 is 5.32 Å². The molecule has 0 amide bonds. The lowest BCUT2D eigenvalue weighted by atomic mass is 9.83. The Labute approximate surface area is 130 Å². The molecule has 0 radical (unpaired) electrons. The van der Waals surface area contributed by atoms with Crippen molar-refractivity contribution >= 4 is 17.3 Å². The van der Waals surface area contributed by atoms with Crippen LogP contribution in [0.2, 0.25) is 5.02 Å². The summed E-state index contributed by atoms with van der Waals surface area (Å²) in [6.45, 7) is 3.35. The van der Waals surface area contributed by atoms with Crippen LogP contribution in [0, 0.1) is 11.8 Å². The molecule has 1 saturated carbocycles. The molecule has 0 atom stereocenters. The van der Waals surface area contributed by atoms with Crippen LogP contribution in [-0.4, -0.2) is 21.3 Å². The molecule has 21 heavy (non-hydrogen) atoms. The van der Waals surface area contributed by atoms with E-state index in [9.17, 15) is 0 Å². The minimum atomic E-state index is 0.735. The fourth-order valence-corrected chi connectivity index (χ4v) is 3.14. The van der Waals surface area contributed by atoms with Gasteiger partial charge in [0.2, 0.25) is 0 Å². The Morgan fingerprint density at radius 1 is 1.29 bits per heavy atom.